The molecule has 8 nitrogen and oxygen atoms in total. The molecule has 0 saturated carbocycles. The summed E-state index contributed by atoms with van der Waals surface area (Å²) in [5.74, 6) is 1.28. The maximum Gasteiger partial charge on any atom is 0.270 e. The molecule has 1 aliphatic heterocycles. The third kappa shape index (κ3) is 3.90. The second-order valence-electron chi connectivity index (χ2n) is 7.52. The van der Waals surface area contributed by atoms with Crippen molar-refractivity contribution in [3.63, 3.8) is 0 Å². The minimum Gasteiger partial charge on any atom is -0.508 e. The molecule has 2 N–H and O–H groups in total. The molecule has 0 radical (unpaired) electrons. The van der Waals surface area contributed by atoms with Gasteiger partial charge in [-0.2, -0.15) is 0 Å². The molecular weight excluding hydrogens is 440 g/mol. The number of hydrogen-bond donors (Lipinski definition) is 2. The number of rotatable bonds is 5. The first-order valence-corrected chi connectivity index (χ1v) is 10.6. The van der Waals surface area contributed by atoms with Gasteiger partial charge in [0.1, 0.15) is 23.3 Å². The van der Waals surface area contributed by atoms with Gasteiger partial charge in [0.2, 0.25) is 0 Å². The lowest BCUT2D eigenvalue weighted by Crippen LogP contribution is -2.29. The highest BCUT2D eigenvalue weighted by Gasteiger charge is 2.42. The molecular formula is C24H18N4O4S. The normalized spacial score (nSPS) is 17.7. The van der Waals surface area contributed by atoms with Crippen LogP contribution in [0.5, 0.6) is 5.75 Å². The van der Waals surface area contributed by atoms with Gasteiger partial charge in [0, 0.05) is 29.6 Å². The summed E-state index contributed by atoms with van der Waals surface area (Å²) in [6.07, 6.45) is 1.72. The molecule has 4 aromatic rings. The van der Waals surface area contributed by atoms with Crippen molar-refractivity contribution in [2.24, 2.45) is 0 Å². The topological polar surface area (TPSA) is 105 Å². The second-order valence-corrected chi connectivity index (χ2v) is 7.91. The van der Waals surface area contributed by atoms with Gasteiger partial charge in [-0.25, -0.2) is 0 Å². The highest BCUT2D eigenvalue weighted by molar-refractivity contribution is 7.80. The molecule has 0 unspecified atom stereocenters. The number of nitro groups is 1. The van der Waals surface area contributed by atoms with Gasteiger partial charge in [0.05, 0.1) is 16.7 Å². The number of thiocarbonyl (C=S) groups is 1. The Morgan fingerprint density at radius 2 is 1.88 bits per heavy atom. The number of anilines is 1. The average Bonchev–Trinajstić information content (AvgIpc) is 3.45. The predicted molar refractivity (Wildman–Crippen MR) is 127 cm³/mol. The van der Waals surface area contributed by atoms with Crippen LogP contribution in [0.25, 0.3) is 11.3 Å². The van der Waals surface area contributed by atoms with Gasteiger partial charge in [0.25, 0.3) is 5.69 Å². The molecule has 2 aromatic carbocycles. The zero-order valence-corrected chi connectivity index (χ0v) is 18.0. The van der Waals surface area contributed by atoms with Crippen molar-refractivity contribution in [3.8, 4) is 17.1 Å². The zero-order chi connectivity index (χ0) is 22.9. The first-order chi connectivity index (χ1) is 16.0. The fourth-order valence-corrected chi connectivity index (χ4v) is 4.32. The van der Waals surface area contributed by atoms with Crippen molar-refractivity contribution < 1.29 is 14.4 Å². The van der Waals surface area contributed by atoms with Crippen molar-refractivity contribution in [2.45, 2.75) is 12.1 Å². The molecule has 164 valence electrons. The third-order valence-corrected chi connectivity index (χ3v) is 5.80. The Hall–Kier alpha value is -4.24. The fraction of sp³-hybridized carbons (Fsp3) is 0.0833. The van der Waals surface area contributed by atoms with E-state index in [0.717, 1.165) is 11.4 Å². The molecule has 0 aliphatic carbocycles. The number of aromatic hydroxyl groups is 1. The van der Waals surface area contributed by atoms with E-state index in [2.05, 4.69) is 10.3 Å². The largest absolute Gasteiger partial charge is 0.508 e. The number of non-ortho nitro benzene ring substituents is 1. The number of hydrogen-bond acceptors (Lipinski definition) is 6. The van der Waals surface area contributed by atoms with E-state index >= 15 is 0 Å². The number of nitrogens with one attached hydrogen (secondary N) is 1. The van der Waals surface area contributed by atoms with Crippen LogP contribution in [0.4, 0.5) is 11.4 Å². The molecule has 0 spiro atoms. The van der Waals surface area contributed by atoms with Crippen LogP contribution in [0.1, 0.15) is 23.5 Å². The second kappa shape index (κ2) is 8.36. The minimum absolute atomic E-state index is 0.00811. The van der Waals surface area contributed by atoms with E-state index in [4.69, 9.17) is 16.6 Å². The first kappa shape index (κ1) is 20.7. The van der Waals surface area contributed by atoms with E-state index in [1.165, 1.54) is 12.1 Å². The molecule has 33 heavy (non-hydrogen) atoms. The van der Waals surface area contributed by atoms with Crippen LogP contribution in [-0.4, -0.2) is 20.1 Å². The maximum atomic E-state index is 11.2. The molecule has 2 atom stereocenters. The van der Waals surface area contributed by atoms with Crippen LogP contribution >= 0.6 is 12.2 Å². The highest BCUT2D eigenvalue weighted by Crippen LogP contribution is 2.43. The van der Waals surface area contributed by atoms with Gasteiger partial charge in [-0.3, -0.25) is 15.1 Å². The summed E-state index contributed by atoms with van der Waals surface area (Å²) < 4.78 is 6.22. The molecule has 1 aliphatic rings. The lowest BCUT2D eigenvalue weighted by Gasteiger charge is -2.26. The monoisotopic (exact) mass is 458 g/mol. The average molecular weight is 458 g/mol. The van der Waals surface area contributed by atoms with Crippen molar-refractivity contribution in [3.05, 3.63) is 107 Å². The number of furan rings is 1. The van der Waals surface area contributed by atoms with Crippen LogP contribution < -0.4 is 10.2 Å². The summed E-state index contributed by atoms with van der Waals surface area (Å²) in [5.41, 5.74) is 2.17. The van der Waals surface area contributed by atoms with Crippen LogP contribution in [0.15, 0.2) is 89.5 Å². The fourth-order valence-electron chi connectivity index (χ4n) is 3.97. The molecule has 0 bridgehead atoms. The van der Waals surface area contributed by atoms with Crippen LogP contribution in [0.2, 0.25) is 0 Å². The molecule has 2 aromatic heterocycles. The standard InChI is InChI=1S/C24H18N4O4S/c29-18-9-7-16(8-10-18)27-23(22(26-24(27)33)19-6-1-2-13-25-19)21-12-11-20(32-21)15-4-3-5-17(14-15)28(30)31/h1-14,22-23,29H,(H,26,33)/t22-,23+/m0/s1. The van der Waals surface area contributed by atoms with Gasteiger partial charge in [-0.15, -0.1) is 0 Å². The number of aromatic nitrogens is 1. The summed E-state index contributed by atoms with van der Waals surface area (Å²) in [5, 5.41) is 24.7. The van der Waals surface area contributed by atoms with E-state index < -0.39 is 4.92 Å². The van der Waals surface area contributed by atoms with Crippen LogP contribution in [0, 0.1) is 10.1 Å². The smallest absolute Gasteiger partial charge is 0.270 e. The van der Waals surface area contributed by atoms with E-state index in [9.17, 15) is 15.2 Å². The summed E-state index contributed by atoms with van der Waals surface area (Å²) in [6, 6.07) is 21.7. The highest BCUT2D eigenvalue weighted by atomic mass is 32.1. The number of phenols is 1. The maximum absolute atomic E-state index is 11.2. The van der Waals surface area contributed by atoms with E-state index in [-0.39, 0.29) is 23.5 Å². The van der Waals surface area contributed by atoms with Crippen LogP contribution in [0.3, 0.4) is 0 Å². The summed E-state index contributed by atoms with van der Waals surface area (Å²) in [4.78, 5) is 17.2. The molecule has 1 saturated heterocycles. The molecule has 1 fully saturated rings. The number of benzene rings is 2. The molecule has 5 rings (SSSR count). The Morgan fingerprint density at radius 1 is 1.06 bits per heavy atom. The molecule has 9 heteroatoms. The summed E-state index contributed by atoms with van der Waals surface area (Å²) in [6.45, 7) is 0. The lowest BCUT2D eigenvalue weighted by molar-refractivity contribution is -0.384. The van der Waals surface area contributed by atoms with E-state index in [1.54, 1.807) is 48.7 Å². The zero-order valence-electron chi connectivity index (χ0n) is 17.2. The quantitative estimate of drug-likeness (QED) is 0.241. The van der Waals surface area contributed by atoms with Gasteiger partial charge in [-0.05, 0) is 60.7 Å². The number of nitro benzene ring substituents is 1. The first-order valence-electron chi connectivity index (χ1n) is 10.2. The van der Waals surface area contributed by atoms with Crippen LogP contribution in [-0.2, 0) is 0 Å². The van der Waals surface area contributed by atoms with Gasteiger partial charge in [0.15, 0.2) is 5.11 Å². The Morgan fingerprint density at radius 3 is 2.61 bits per heavy atom. The van der Waals surface area contributed by atoms with Gasteiger partial charge < -0.3 is 19.7 Å². The van der Waals surface area contributed by atoms with Crippen molar-refractivity contribution in [1.82, 2.24) is 10.3 Å². The molecule has 3 heterocycles. The Kier molecular flexibility index (Phi) is 5.23. The number of nitrogens with zero attached hydrogens (tertiary/aromatic N) is 3. The van der Waals surface area contributed by atoms with Crippen molar-refractivity contribution in [1.29, 1.82) is 0 Å². The number of phenolic OH excluding ortho intramolecular Hbond substituents is 1. The van der Waals surface area contributed by atoms with Crippen molar-refractivity contribution in [2.75, 3.05) is 4.90 Å². The lowest BCUT2D eigenvalue weighted by atomic mass is 10.0. The SMILES string of the molecule is O=[N+]([O-])c1cccc(-c2ccc([C@@H]3[C@H](c4ccccn4)NC(=S)N3c3ccc(O)cc3)o2)c1. The minimum atomic E-state index is -0.434. The van der Waals surface area contributed by atoms with Gasteiger partial charge in [-0.1, -0.05) is 18.2 Å². The summed E-state index contributed by atoms with van der Waals surface area (Å²) >= 11 is 5.66. The van der Waals surface area contributed by atoms with E-state index in [0.29, 0.717) is 22.2 Å². The van der Waals surface area contributed by atoms with Gasteiger partial charge >= 0.3 is 0 Å². The Bertz CT molecular complexity index is 1320. The Labute approximate surface area is 194 Å². The Balaban J connectivity index is 1.58. The predicted octanol–water partition coefficient (Wildman–Crippen LogP) is 5.13. The summed E-state index contributed by atoms with van der Waals surface area (Å²) in [7, 11) is 0. The third-order valence-electron chi connectivity index (χ3n) is 5.49. The number of pyridine rings is 1. The molecule has 0 amide bonds. The van der Waals surface area contributed by atoms with Crippen molar-refractivity contribution >= 4 is 28.7 Å². The van der Waals surface area contributed by atoms with E-state index in [1.807, 2.05) is 29.2 Å².